The van der Waals surface area contributed by atoms with E-state index in [1.54, 1.807) is 13.8 Å². The summed E-state index contributed by atoms with van der Waals surface area (Å²) in [4.78, 5) is 41.5. The van der Waals surface area contributed by atoms with Crippen LogP contribution in [0.3, 0.4) is 0 Å². The Hall–Kier alpha value is -2.55. The van der Waals surface area contributed by atoms with E-state index < -0.39 is 35.9 Å². The number of nitrogens with one attached hydrogen (secondary N) is 3. The van der Waals surface area contributed by atoms with Crippen LogP contribution in [0.15, 0.2) is 12.5 Å². The third-order valence-electron chi connectivity index (χ3n) is 2.86. The van der Waals surface area contributed by atoms with E-state index in [0.717, 1.165) is 0 Å². The number of aromatic amines is 1. The van der Waals surface area contributed by atoms with Gasteiger partial charge in [0, 0.05) is 6.42 Å². The number of ketones is 1. The average Bonchev–Trinajstić information content (AvgIpc) is 3.03. The van der Waals surface area contributed by atoms with Crippen LogP contribution in [0.2, 0.25) is 0 Å². The highest BCUT2D eigenvalue weighted by molar-refractivity contribution is 6.26. The van der Waals surface area contributed by atoms with Crippen molar-refractivity contribution in [1.29, 1.82) is 5.41 Å². The topological polar surface area (TPSA) is 145 Å². The molecule has 0 aliphatic rings. The standard InChI is InChI=1S/C14H20N4O5/c1-8(2)23-14(22)10(4-3-9(19)5-15)18-13(21)12(20)11-6-16-7-17-11/h5-8,10,12,15,20H,3-4H2,1-2H3,(H,16,17)(H,18,21)/t10-,12+/m0/s1. The lowest BCUT2D eigenvalue weighted by Gasteiger charge is -2.20. The number of esters is 1. The van der Waals surface area contributed by atoms with Crippen molar-refractivity contribution in [1.82, 2.24) is 15.3 Å². The Morgan fingerprint density at radius 2 is 2.17 bits per heavy atom. The first-order chi connectivity index (χ1) is 10.8. The number of hydrogen-bond donors (Lipinski definition) is 4. The molecule has 0 saturated carbocycles. The first kappa shape index (κ1) is 18.5. The molecule has 9 nitrogen and oxygen atoms in total. The second kappa shape index (κ2) is 8.79. The highest BCUT2D eigenvalue weighted by Gasteiger charge is 2.27. The van der Waals surface area contributed by atoms with Gasteiger partial charge in [0.05, 0.1) is 30.5 Å². The Morgan fingerprint density at radius 3 is 2.70 bits per heavy atom. The molecule has 4 N–H and O–H groups in total. The first-order valence-corrected chi connectivity index (χ1v) is 7.05. The maximum absolute atomic E-state index is 12.0. The minimum atomic E-state index is -1.52. The summed E-state index contributed by atoms with van der Waals surface area (Å²) in [7, 11) is 0. The number of imidazole rings is 1. The molecule has 0 unspecified atom stereocenters. The van der Waals surface area contributed by atoms with Gasteiger partial charge in [0.15, 0.2) is 11.9 Å². The zero-order valence-electron chi connectivity index (χ0n) is 12.9. The number of nitrogens with zero attached hydrogens (tertiary/aromatic N) is 1. The van der Waals surface area contributed by atoms with E-state index in [4.69, 9.17) is 10.1 Å². The van der Waals surface area contributed by atoms with Crippen LogP contribution in [-0.4, -0.2) is 51.1 Å². The highest BCUT2D eigenvalue weighted by atomic mass is 16.5. The van der Waals surface area contributed by atoms with E-state index in [-0.39, 0.29) is 18.5 Å². The molecule has 126 valence electrons. The van der Waals surface area contributed by atoms with Crippen molar-refractivity contribution in [2.24, 2.45) is 0 Å². The van der Waals surface area contributed by atoms with Crippen molar-refractivity contribution in [2.45, 2.75) is 44.9 Å². The summed E-state index contributed by atoms with van der Waals surface area (Å²) in [5.74, 6) is -2.00. The van der Waals surface area contributed by atoms with Crippen LogP contribution in [0, 0.1) is 5.41 Å². The van der Waals surface area contributed by atoms with Crippen molar-refractivity contribution in [3.63, 3.8) is 0 Å². The van der Waals surface area contributed by atoms with E-state index in [1.807, 2.05) is 0 Å². The number of H-pyrrole nitrogens is 1. The fraction of sp³-hybridized carbons (Fsp3) is 0.500. The van der Waals surface area contributed by atoms with Gasteiger partial charge in [-0.1, -0.05) is 0 Å². The highest BCUT2D eigenvalue weighted by Crippen LogP contribution is 2.10. The lowest BCUT2D eigenvalue weighted by atomic mass is 10.1. The van der Waals surface area contributed by atoms with Gasteiger partial charge >= 0.3 is 5.97 Å². The number of carbonyl (C=O) groups excluding carboxylic acids is 3. The molecule has 0 aromatic carbocycles. The SMILES string of the molecule is CC(C)OC(=O)[C@H](CCC(=O)C=N)NC(=O)[C@H](O)c1cnc[nH]1. The predicted molar refractivity (Wildman–Crippen MR) is 79.7 cm³/mol. The summed E-state index contributed by atoms with van der Waals surface area (Å²) in [6.45, 7) is 3.30. The zero-order chi connectivity index (χ0) is 17.4. The molecular formula is C14H20N4O5. The van der Waals surface area contributed by atoms with Gasteiger partial charge in [-0.25, -0.2) is 9.78 Å². The number of hydrogen-bond acceptors (Lipinski definition) is 7. The average molecular weight is 324 g/mol. The van der Waals surface area contributed by atoms with Crippen LogP contribution in [0.1, 0.15) is 38.5 Å². The molecule has 0 saturated heterocycles. The van der Waals surface area contributed by atoms with Gasteiger partial charge in [-0.05, 0) is 20.3 Å². The van der Waals surface area contributed by atoms with E-state index in [2.05, 4.69) is 15.3 Å². The molecule has 0 aliphatic carbocycles. The number of ether oxygens (including phenoxy) is 1. The van der Waals surface area contributed by atoms with E-state index >= 15 is 0 Å². The van der Waals surface area contributed by atoms with Crippen molar-refractivity contribution in [2.75, 3.05) is 0 Å². The summed E-state index contributed by atoms with van der Waals surface area (Å²) in [6, 6.07) is -1.09. The van der Waals surface area contributed by atoms with Crippen LogP contribution < -0.4 is 5.32 Å². The number of aliphatic hydroxyl groups excluding tert-OH is 1. The number of Topliss-reactive ketones (excluding diaryl/α,β-unsaturated/α-hetero) is 1. The van der Waals surface area contributed by atoms with Gasteiger partial charge < -0.3 is 25.6 Å². The largest absolute Gasteiger partial charge is 0.461 e. The predicted octanol–water partition coefficient (Wildman–Crippen LogP) is -0.122. The van der Waals surface area contributed by atoms with Crippen LogP contribution in [-0.2, 0) is 19.1 Å². The van der Waals surface area contributed by atoms with Crippen LogP contribution in [0.5, 0.6) is 0 Å². The Balaban J connectivity index is 2.74. The van der Waals surface area contributed by atoms with Crippen LogP contribution >= 0.6 is 0 Å². The Kier molecular flexibility index (Phi) is 7.07. The molecule has 0 spiro atoms. The van der Waals surface area contributed by atoms with Gasteiger partial charge in [0.2, 0.25) is 0 Å². The lowest BCUT2D eigenvalue weighted by Crippen LogP contribution is -2.44. The third-order valence-corrected chi connectivity index (χ3v) is 2.86. The normalized spacial score (nSPS) is 13.2. The van der Waals surface area contributed by atoms with E-state index in [0.29, 0.717) is 6.21 Å². The summed E-state index contributed by atoms with van der Waals surface area (Å²) in [5.41, 5.74) is 0.175. The molecular weight excluding hydrogens is 304 g/mol. The lowest BCUT2D eigenvalue weighted by molar-refractivity contribution is -0.152. The molecule has 2 atom stereocenters. The van der Waals surface area contributed by atoms with Gasteiger partial charge in [0.1, 0.15) is 6.04 Å². The fourth-order valence-electron chi connectivity index (χ4n) is 1.73. The first-order valence-electron chi connectivity index (χ1n) is 7.05. The molecule has 1 aromatic rings. The quantitative estimate of drug-likeness (QED) is 0.368. The van der Waals surface area contributed by atoms with Crippen LogP contribution in [0.4, 0.5) is 0 Å². The molecule has 0 fully saturated rings. The number of amides is 1. The zero-order valence-corrected chi connectivity index (χ0v) is 12.9. The summed E-state index contributed by atoms with van der Waals surface area (Å²) in [5, 5.41) is 19.1. The monoisotopic (exact) mass is 324 g/mol. The second-order valence-corrected chi connectivity index (χ2v) is 5.11. The Morgan fingerprint density at radius 1 is 1.48 bits per heavy atom. The van der Waals surface area contributed by atoms with E-state index in [1.165, 1.54) is 12.5 Å². The number of aromatic nitrogens is 2. The Bertz CT molecular complexity index is 556. The maximum Gasteiger partial charge on any atom is 0.328 e. The van der Waals surface area contributed by atoms with Gasteiger partial charge in [0.25, 0.3) is 5.91 Å². The minimum Gasteiger partial charge on any atom is -0.461 e. The second-order valence-electron chi connectivity index (χ2n) is 5.11. The van der Waals surface area contributed by atoms with Gasteiger partial charge in [-0.3, -0.25) is 9.59 Å². The maximum atomic E-state index is 12.0. The van der Waals surface area contributed by atoms with Crippen molar-refractivity contribution in [3.8, 4) is 0 Å². The molecule has 1 rings (SSSR count). The van der Waals surface area contributed by atoms with Crippen molar-refractivity contribution in [3.05, 3.63) is 18.2 Å². The summed E-state index contributed by atoms with van der Waals surface area (Å²) in [6.07, 6.45) is 1.20. The fourth-order valence-corrected chi connectivity index (χ4v) is 1.73. The smallest absolute Gasteiger partial charge is 0.328 e. The van der Waals surface area contributed by atoms with Gasteiger partial charge in [-0.15, -0.1) is 0 Å². The molecule has 0 radical (unpaired) electrons. The van der Waals surface area contributed by atoms with Crippen molar-refractivity contribution >= 4 is 23.9 Å². The molecule has 1 aromatic heterocycles. The minimum absolute atomic E-state index is 0.0266. The van der Waals surface area contributed by atoms with Gasteiger partial charge in [-0.2, -0.15) is 0 Å². The number of aliphatic hydroxyl groups is 1. The van der Waals surface area contributed by atoms with Crippen molar-refractivity contribution < 1.29 is 24.2 Å². The molecule has 23 heavy (non-hydrogen) atoms. The number of rotatable bonds is 9. The third kappa shape index (κ3) is 5.99. The summed E-state index contributed by atoms with van der Waals surface area (Å²) < 4.78 is 5.03. The Labute approximate surface area is 133 Å². The molecule has 1 heterocycles. The molecule has 0 bridgehead atoms. The molecule has 0 aliphatic heterocycles. The van der Waals surface area contributed by atoms with Crippen LogP contribution in [0.25, 0.3) is 0 Å². The summed E-state index contributed by atoms with van der Waals surface area (Å²) >= 11 is 0. The molecule has 9 heteroatoms. The van der Waals surface area contributed by atoms with E-state index in [9.17, 15) is 19.5 Å². The number of carbonyl (C=O) groups is 3. The molecule has 1 amide bonds.